The van der Waals surface area contributed by atoms with Crippen molar-refractivity contribution in [3.8, 4) is 0 Å². The summed E-state index contributed by atoms with van der Waals surface area (Å²) in [5, 5.41) is 2.58. The summed E-state index contributed by atoms with van der Waals surface area (Å²) in [7, 11) is 0. The van der Waals surface area contributed by atoms with Crippen LogP contribution in [0.1, 0.15) is 37.0 Å². The van der Waals surface area contributed by atoms with Gasteiger partial charge in [0.1, 0.15) is 0 Å². The molecule has 0 radical (unpaired) electrons. The number of amides is 1. The molecule has 1 aromatic carbocycles. The molecule has 0 fully saturated rings. The van der Waals surface area contributed by atoms with Gasteiger partial charge in [-0.05, 0) is 30.4 Å². The van der Waals surface area contributed by atoms with Gasteiger partial charge < -0.3 is 5.32 Å². The zero-order valence-electron chi connectivity index (χ0n) is 11.4. The molecule has 0 atom stereocenters. The topological polar surface area (TPSA) is 29.1 Å². The molecule has 112 valence electrons. The van der Waals surface area contributed by atoms with Gasteiger partial charge in [0.25, 0.3) is 5.91 Å². The average molecular weight is 308 g/mol. The third-order valence-electron chi connectivity index (χ3n) is 2.96. The highest BCUT2D eigenvalue weighted by Gasteiger charge is 2.20. The number of halogens is 4. The highest BCUT2D eigenvalue weighted by Crippen LogP contribution is 2.21. The lowest BCUT2D eigenvalue weighted by atomic mass is 9.88. The summed E-state index contributed by atoms with van der Waals surface area (Å²) in [5.74, 6) is -4.44. The lowest BCUT2D eigenvalue weighted by Crippen LogP contribution is -2.34. The number of alkyl halides is 1. The van der Waals surface area contributed by atoms with E-state index in [-0.39, 0.29) is 11.0 Å². The van der Waals surface area contributed by atoms with Crippen molar-refractivity contribution >= 4 is 17.5 Å². The Morgan fingerprint density at radius 1 is 1.25 bits per heavy atom. The molecule has 0 aliphatic rings. The molecule has 1 rings (SSSR count). The van der Waals surface area contributed by atoms with E-state index in [0.29, 0.717) is 24.6 Å². The van der Waals surface area contributed by atoms with E-state index in [1.54, 1.807) is 0 Å². The van der Waals surface area contributed by atoms with Crippen molar-refractivity contribution in [2.75, 3.05) is 12.4 Å². The van der Waals surface area contributed by atoms with E-state index in [0.717, 1.165) is 12.8 Å². The number of hydrogen-bond acceptors (Lipinski definition) is 1. The van der Waals surface area contributed by atoms with Crippen LogP contribution in [0.2, 0.25) is 0 Å². The quantitative estimate of drug-likeness (QED) is 0.627. The van der Waals surface area contributed by atoms with E-state index < -0.39 is 23.4 Å². The first-order chi connectivity index (χ1) is 9.26. The van der Waals surface area contributed by atoms with Crippen LogP contribution >= 0.6 is 11.6 Å². The molecular weight excluding hydrogens is 291 g/mol. The summed E-state index contributed by atoms with van der Waals surface area (Å²) < 4.78 is 38.9. The molecule has 0 unspecified atom stereocenters. The predicted molar refractivity (Wildman–Crippen MR) is 72.4 cm³/mol. The van der Waals surface area contributed by atoms with Crippen molar-refractivity contribution in [1.82, 2.24) is 5.32 Å². The van der Waals surface area contributed by atoms with Gasteiger partial charge in [-0.2, -0.15) is 0 Å². The van der Waals surface area contributed by atoms with Gasteiger partial charge in [-0.3, -0.25) is 4.79 Å². The highest BCUT2D eigenvalue weighted by atomic mass is 35.5. The molecule has 20 heavy (non-hydrogen) atoms. The largest absolute Gasteiger partial charge is 0.351 e. The van der Waals surface area contributed by atoms with E-state index in [2.05, 4.69) is 5.32 Å². The maximum atomic E-state index is 13.0. The molecule has 6 heteroatoms. The van der Waals surface area contributed by atoms with Crippen LogP contribution in [0.4, 0.5) is 13.2 Å². The molecule has 0 aliphatic heterocycles. The first kappa shape index (κ1) is 16.8. The molecule has 2 nitrogen and oxygen atoms in total. The van der Waals surface area contributed by atoms with Gasteiger partial charge in [-0.25, -0.2) is 13.2 Å². The van der Waals surface area contributed by atoms with Crippen LogP contribution < -0.4 is 5.32 Å². The summed E-state index contributed by atoms with van der Waals surface area (Å²) in [6.07, 6.45) is 1.62. The average Bonchev–Trinajstić information content (AvgIpc) is 2.39. The Labute approximate surface area is 121 Å². The summed E-state index contributed by atoms with van der Waals surface area (Å²) in [4.78, 5) is 11.8. The van der Waals surface area contributed by atoms with Gasteiger partial charge in [0.15, 0.2) is 17.5 Å². The molecule has 1 aromatic rings. The van der Waals surface area contributed by atoms with Crippen LogP contribution in [0, 0.1) is 22.9 Å². The molecular formula is C14H17ClF3NO. The van der Waals surface area contributed by atoms with Crippen molar-refractivity contribution in [2.45, 2.75) is 26.7 Å². The molecule has 0 bridgehead atoms. The zero-order chi connectivity index (χ0) is 15.3. The smallest absolute Gasteiger partial charge is 0.251 e. The van der Waals surface area contributed by atoms with Crippen LogP contribution in [-0.4, -0.2) is 18.3 Å². The number of carbonyl (C=O) groups excluding carboxylic acids is 1. The molecule has 0 saturated heterocycles. The second kappa shape index (κ2) is 6.97. The molecule has 0 heterocycles. The molecule has 1 N–H and O–H groups in total. The van der Waals surface area contributed by atoms with Gasteiger partial charge >= 0.3 is 0 Å². The second-order valence-corrected chi connectivity index (χ2v) is 5.77. The van der Waals surface area contributed by atoms with Crippen molar-refractivity contribution in [3.63, 3.8) is 0 Å². The van der Waals surface area contributed by atoms with E-state index in [1.807, 2.05) is 13.8 Å². The Balaban J connectivity index is 2.68. The Bertz CT molecular complexity index is 468. The fourth-order valence-corrected chi connectivity index (χ4v) is 1.88. The van der Waals surface area contributed by atoms with Crippen molar-refractivity contribution in [1.29, 1.82) is 0 Å². The SMILES string of the molecule is CC(C)(CCCCl)CNC(=O)c1cc(F)c(F)c(F)c1. The lowest BCUT2D eigenvalue weighted by molar-refractivity contribution is 0.0933. The van der Waals surface area contributed by atoms with Crippen molar-refractivity contribution in [3.05, 3.63) is 35.1 Å². The van der Waals surface area contributed by atoms with E-state index in [1.165, 1.54) is 0 Å². The first-order valence-corrected chi connectivity index (χ1v) is 6.79. The monoisotopic (exact) mass is 307 g/mol. The molecule has 0 spiro atoms. The Morgan fingerprint density at radius 2 is 1.80 bits per heavy atom. The molecule has 0 aromatic heterocycles. The summed E-state index contributed by atoms with van der Waals surface area (Å²) in [6.45, 7) is 4.24. The minimum Gasteiger partial charge on any atom is -0.351 e. The summed E-state index contributed by atoms with van der Waals surface area (Å²) in [5.41, 5.74) is -0.420. The van der Waals surface area contributed by atoms with Crippen molar-refractivity contribution in [2.24, 2.45) is 5.41 Å². The van der Waals surface area contributed by atoms with E-state index >= 15 is 0 Å². The minimum absolute atomic E-state index is 0.179. The zero-order valence-corrected chi connectivity index (χ0v) is 12.2. The highest BCUT2D eigenvalue weighted by molar-refractivity contribution is 6.17. The number of benzene rings is 1. The Morgan fingerprint density at radius 3 is 2.30 bits per heavy atom. The van der Waals surface area contributed by atoms with Crippen LogP contribution in [0.15, 0.2) is 12.1 Å². The van der Waals surface area contributed by atoms with Gasteiger partial charge in [0, 0.05) is 18.0 Å². The van der Waals surface area contributed by atoms with Crippen LogP contribution in [0.25, 0.3) is 0 Å². The Kier molecular flexibility index (Phi) is 5.87. The lowest BCUT2D eigenvalue weighted by Gasteiger charge is -2.24. The fraction of sp³-hybridized carbons (Fsp3) is 0.500. The second-order valence-electron chi connectivity index (χ2n) is 5.39. The number of rotatable bonds is 6. The predicted octanol–water partition coefficient (Wildman–Crippen LogP) is 3.88. The standard InChI is InChI=1S/C14H17ClF3NO/c1-14(2,4-3-5-15)8-19-13(20)9-6-10(16)12(18)11(17)7-9/h6-7H,3-5,8H2,1-2H3,(H,19,20). The van der Waals surface area contributed by atoms with Crippen LogP contribution in [0.5, 0.6) is 0 Å². The molecule has 0 saturated carbocycles. The summed E-state index contributed by atoms with van der Waals surface area (Å²) in [6, 6.07) is 1.36. The minimum atomic E-state index is -1.58. The van der Waals surface area contributed by atoms with Crippen LogP contribution in [-0.2, 0) is 0 Å². The van der Waals surface area contributed by atoms with Crippen molar-refractivity contribution < 1.29 is 18.0 Å². The van der Waals surface area contributed by atoms with Gasteiger partial charge in [-0.1, -0.05) is 13.8 Å². The van der Waals surface area contributed by atoms with E-state index in [4.69, 9.17) is 11.6 Å². The molecule has 1 amide bonds. The molecule has 0 aliphatic carbocycles. The van der Waals surface area contributed by atoms with E-state index in [9.17, 15) is 18.0 Å². The maximum Gasteiger partial charge on any atom is 0.251 e. The number of nitrogens with one attached hydrogen (secondary N) is 1. The van der Waals surface area contributed by atoms with Gasteiger partial charge in [-0.15, -0.1) is 11.6 Å². The number of hydrogen-bond donors (Lipinski definition) is 1. The third kappa shape index (κ3) is 4.71. The van der Waals surface area contributed by atoms with Gasteiger partial charge in [0.2, 0.25) is 0 Å². The fourth-order valence-electron chi connectivity index (χ4n) is 1.74. The number of carbonyl (C=O) groups is 1. The van der Waals surface area contributed by atoms with Crippen LogP contribution in [0.3, 0.4) is 0 Å². The third-order valence-corrected chi connectivity index (χ3v) is 3.23. The first-order valence-electron chi connectivity index (χ1n) is 6.25. The van der Waals surface area contributed by atoms with Gasteiger partial charge in [0.05, 0.1) is 0 Å². The Hall–Kier alpha value is -1.23. The maximum absolute atomic E-state index is 13.0. The normalized spacial score (nSPS) is 11.5. The summed E-state index contributed by atoms with van der Waals surface area (Å²) >= 11 is 5.61.